The van der Waals surface area contributed by atoms with Crippen molar-refractivity contribution in [2.75, 3.05) is 12.5 Å². The van der Waals surface area contributed by atoms with E-state index in [0.717, 1.165) is 0 Å². The average molecular weight is 381 g/mol. The molecule has 0 saturated carbocycles. The summed E-state index contributed by atoms with van der Waals surface area (Å²) in [5.41, 5.74) is 2.99. The van der Waals surface area contributed by atoms with Crippen LogP contribution in [-0.4, -0.2) is 27.5 Å². The maximum atomic E-state index is 2.31. The van der Waals surface area contributed by atoms with Crippen LogP contribution in [0.25, 0.3) is 0 Å². The molecule has 0 aliphatic rings. The number of thioether (sulfide) groups is 2. The molecule has 0 aliphatic carbocycles. The van der Waals surface area contributed by atoms with Crippen molar-refractivity contribution in [2.24, 2.45) is 0 Å². The van der Waals surface area contributed by atoms with Gasteiger partial charge in [-0.25, -0.2) is 0 Å². The van der Waals surface area contributed by atoms with E-state index >= 15 is 0 Å². The molecule has 21 heavy (non-hydrogen) atoms. The van der Waals surface area contributed by atoms with Crippen LogP contribution >= 0.6 is 23.5 Å². The Morgan fingerprint density at radius 1 is 0.714 bits per heavy atom. The molecule has 0 fully saturated rings. The van der Waals surface area contributed by atoms with Crippen LogP contribution in [0.4, 0.5) is 0 Å². The second kappa shape index (κ2) is 8.33. The molecule has 0 amide bonds. The molecule has 2 aromatic rings. The van der Waals surface area contributed by atoms with E-state index in [4.69, 9.17) is 0 Å². The molecule has 2 atom stereocenters. The minimum atomic E-state index is 0.376. The molecule has 3 heteroatoms. The summed E-state index contributed by atoms with van der Waals surface area (Å²) in [4.78, 5) is 0. The predicted molar refractivity (Wildman–Crippen MR) is 102 cm³/mol. The zero-order chi connectivity index (χ0) is 15.2. The third kappa shape index (κ3) is 4.32. The monoisotopic (exact) mass is 382 g/mol. The molecule has 0 radical (unpaired) electrons. The second-order valence-electron chi connectivity index (χ2n) is 4.93. The van der Waals surface area contributed by atoms with Gasteiger partial charge in [-0.15, -0.1) is 0 Å². The molecule has 0 nitrogen and oxygen atoms in total. The fourth-order valence-electron chi connectivity index (χ4n) is 2.19. The van der Waals surface area contributed by atoms with Gasteiger partial charge in [0.1, 0.15) is 0 Å². The van der Waals surface area contributed by atoms with Crippen LogP contribution in [0.1, 0.15) is 35.5 Å². The molecule has 112 valence electrons. The van der Waals surface area contributed by atoms with Crippen LogP contribution in [0.5, 0.6) is 0 Å². The Hall–Kier alpha value is -0.341. The van der Waals surface area contributed by atoms with Crippen molar-refractivity contribution in [1.29, 1.82) is 0 Å². The molecular weight excluding hydrogens is 359 g/mol. The standard InChI is InChI=1S/C18H22S2Se/c1-13(19-3)15-9-5-7-11-17(15)21-18-12-8-6-10-16(18)14(2)20-4/h5-14H,1-4H3/t13-,14-/m0/s1. The molecule has 0 unspecified atom stereocenters. The van der Waals surface area contributed by atoms with Gasteiger partial charge in [-0.3, -0.25) is 0 Å². The third-order valence-electron chi connectivity index (χ3n) is 3.64. The number of hydrogen-bond acceptors (Lipinski definition) is 2. The molecule has 0 spiro atoms. The molecule has 0 bridgehead atoms. The molecule has 0 N–H and O–H groups in total. The quantitative estimate of drug-likeness (QED) is 0.688. The van der Waals surface area contributed by atoms with Gasteiger partial charge < -0.3 is 0 Å². The SMILES string of the molecule is CS[C@@H](C)c1ccccc1[Se]c1ccccc1[C@H](C)SC. The Balaban J connectivity index is 2.35. The Labute approximate surface area is 143 Å². The predicted octanol–water partition coefficient (Wildman–Crippen LogP) is 4.19. The number of benzene rings is 2. The Bertz CT molecular complexity index is 531. The zero-order valence-corrected chi connectivity index (χ0v) is 16.3. The first-order valence-electron chi connectivity index (χ1n) is 7.08. The van der Waals surface area contributed by atoms with Gasteiger partial charge in [0.2, 0.25) is 0 Å². The molecule has 2 rings (SSSR count). The van der Waals surface area contributed by atoms with E-state index in [2.05, 4.69) is 74.9 Å². The summed E-state index contributed by atoms with van der Waals surface area (Å²) in [6.45, 7) is 4.60. The Morgan fingerprint density at radius 3 is 1.48 bits per heavy atom. The zero-order valence-electron chi connectivity index (χ0n) is 13.0. The Kier molecular flexibility index (Phi) is 6.75. The molecule has 0 heterocycles. The fourth-order valence-corrected chi connectivity index (χ4v) is 6.08. The number of rotatable bonds is 6. The van der Waals surface area contributed by atoms with Gasteiger partial charge in [-0.05, 0) is 0 Å². The Morgan fingerprint density at radius 2 is 1.10 bits per heavy atom. The normalized spacial score (nSPS) is 13.9. The molecule has 0 aromatic heterocycles. The molecule has 0 saturated heterocycles. The van der Waals surface area contributed by atoms with Crippen molar-refractivity contribution >= 4 is 47.4 Å². The van der Waals surface area contributed by atoms with Crippen molar-refractivity contribution in [3.63, 3.8) is 0 Å². The summed E-state index contributed by atoms with van der Waals surface area (Å²) in [6.07, 6.45) is 4.39. The first-order chi connectivity index (χ1) is 10.2. The summed E-state index contributed by atoms with van der Waals surface area (Å²) in [7, 11) is 0. The van der Waals surface area contributed by atoms with Crippen LogP contribution < -0.4 is 8.92 Å². The minimum absolute atomic E-state index is 0.376. The van der Waals surface area contributed by atoms with Crippen molar-refractivity contribution in [1.82, 2.24) is 0 Å². The first-order valence-corrected chi connectivity index (χ1v) is 11.4. The molecule has 0 aliphatic heterocycles. The van der Waals surface area contributed by atoms with Crippen LogP contribution in [0.15, 0.2) is 48.5 Å². The number of hydrogen-bond donors (Lipinski definition) is 0. The summed E-state index contributed by atoms with van der Waals surface area (Å²) in [5.74, 6) is 0. The van der Waals surface area contributed by atoms with Crippen LogP contribution in [-0.2, 0) is 0 Å². The molecular formula is C18H22S2Se. The van der Waals surface area contributed by atoms with Gasteiger partial charge in [-0.1, -0.05) is 0 Å². The first kappa shape index (κ1) is 17.0. The van der Waals surface area contributed by atoms with E-state index in [0.29, 0.717) is 25.5 Å². The van der Waals surface area contributed by atoms with Gasteiger partial charge in [0, 0.05) is 0 Å². The van der Waals surface area contributed by atoms with E-state index in [9.17, 15) is 0 Å². The van der Waals surface area contributed by atoms with Crippen molar-refractivity contribution in [3.8, 4) is 0 Å². The van der Waals surface area contributed by atoms with Crippen molar-refractivity contribution < 1.29 is 0 Å². The van der Waals surface area contributed by atoms with Gasteiger partial charge in [-0.2, -0.15) is 0 Å². The maximum absolute atomic E-state index is 2.31. The van der Waals surface area contributed by atoms with E-state index < -0.39 is 0 Å². The van der Waals surface area contributed by atoms with Gasteiger partial charge >= 0.3 is 144 Å². The van der Waals surface area contributed by atoms with Crippen LogP contribution in [0, 0.1) is 0 Å². The summed E-state index contributed by atoms with van der Waals surface area (Å²) in [6, 6.07) is 17.9. The summed E-state index contributed by atoms with van der Waals surface area (Å²) < 4.78 is 3.04. The van der Waals surface area contributed by atoms with Gasteiger partial charge in [0.15, 0.2) is 0 Å². The average Bonchev–Trinajstić information content (AvgIpc) is 2.54. The molecule has 2 aromatic carbocycles. The van der Waals surface area contributed by atoms with E-state index in [1.807, 2.05) is 23.5 Å². The summed E-state index contributed by atoms with van der Waals surface area (Å²) in [5, 5.41) is 1.13. The van der Waals surface area contributed by atoms with E-state index in [1.165, 1.54) is 20.1 Å². The fraction of sp³-hybridized carbons (Fsp3) is 0.333. The van der Waals surface area contributed by atoms with E-state index in [-0.39, 0.29) is 0 Å². The van der Waals surface area contributed by atoms with Crippen molar-refractivity contribution in [2.45, 2.75) is 24.3 Å². The van der Waals surface area contributed by atoms with Crippen LogP contribution in [0.3, 0.4) is 0 Å². The van der Waals surface area contributed by atoms with E-state index in [1.54, 1.807) is 0 Å². The topological polar surface area (TPSA) is 0 Å². The van der Waals surface area contributed by atoms with Crippen molar-refractivity contribution in [3.05, 3.63) is 59.7 Å². The van der Waals surface area contributed by atoms with Gasteiger partial charge in [0.25, 0.3) is 0 Å². The summed E-state index contributed by atoms with van der Waals surface area (Å²) >= 11 is 4.22. The third-order valence-corrected chi connectivity index (χ3v) is 8.05. The van der Waals surface area contributed by atoms with Crippen LogP contribution in [0.2, 0.25) is 0 Å². The second-order valence-corrected chi connectivity index (χ2v) is 9.56. The van der Waals surface area contributed by atoms with Gasteiger partial charge in [0.05, 0.1) is 0 Å².